The summed E-state index contributed by atoms with van der Waals surface area (Å²) in [6.07, 6.45) is 0. The van der Waals surface area contributed by atoms with E-state index in [0.29, 0.717) is 24.6 Å². The lowest BCUT2D eigenvalue weighted by atomic mass is 10.2. The minimum atomic E-state index is -0.921. The molecule has 1 atom stereocenters. The average Bonchev–Trinajstić information content (AvgIpc) is 2.61. The van der Waals surface area contributed by atoms with Gasteiger partial charge in [-0.15, -0.1) is 24.0 Å². The highest BCUT2D eigenvalue weighted by Crippen LogP contribution is 2.06. The molecule has 0 fully saturated rings. The van der Waals surface area contributed by atoms with E-state index in [1.165, 1.54) is 12.1 Å². The van der Waals surface area contributed by atoms with Crippen molar-refractivity contribution in [3.8, 4) is 0 Å². The largest absolute Gasteiger partial charge is 0.355 e. The Morgan fingerprint density at radius 3 is 2.38 bits per heavy atom. The summed E-state index contributed by atoms with van der Waals surface area (Å²) in [6.45, 7) is 1.20. The quantitative estimate of drug-likeness (QED) is 0.369. The summed E-state index contributed by atoms with van der Waals surface area (Å²) in [4.78, 5) is 6.19. The molecular formula is C19H25FIN3OS. The summed E-state index contributed by atoms with van der Waals surface area (Å²) < 4.78 is 25.1. The standard InChI is InChI=1S/C19H24FN3OS.HI/c1-21-19(23(2)14-16-8-10-18(20)11-9-16)22-12-13-25(24)15-17-6-4-3-5-7-17;/h3-11H,12-15H2,1-2H3,(H,21,22);1H. The second-order valence-corrected chi connectivity index (χ2v) is 7.31. The molecule has 0 saturated heterocycles. The van der Waals surface area contributed by atoms with Gasteiger partial charge in [-0.2, -0.15) is 0 Å². The van der Waals surface area contributed by atoms with Crippen molar-refractivity contribution in [3.63, 3.8) is 0 Å². The molecule has 2 rings (SSSR count). The van der Waals surface area contributed by atoms with Crippen LogP contribution in [0, 0.1) is 5.82 Å². The number of hydrogen-bond donors (Lipinski definition) is 1. The Hall–Kier alpha value is -1.48. The van der Waals surface area contributed by atoms with E-state index in [-0.39, 0.29) is 29.8 Å². The number of nitrogens with zero attached hydrogens (tertiary/aromatic N) is 2. The predicted molar refractivity (Wildman–Crippen MR) is 118 cm³/mol. The van der Waals surface area contributed by atoms with Crippen LogP contribution in [0.4, 0.5) is 4.39 Å². The van der Waals surface area contributed by atoms with Gasteiger partial charge in [0, 0.05) is 49.5 Å². The SMILES string of the molecule is CN=C(NCCS(=O)Cc1ccccc1)N(C)Cc1ccc(F)cc1.I. The lowest BCUT2D eigenvalue weighted by Gasteiger charge is -2.22. The monoisotopic (exact) mass is 489 g/mol. The van der Waals surface area contributed by atoms with Crippen LogP contribution in [0.1, 0.15) is 11.1 Å². The van der Waals surface area contributed by atoms with Gasteiger partial charge in [0.05, 0.1) is 0 Å². The van der Waals surface area contributed by atoms with Gasteiger partial charge in [-0.25, -0.2) is 4.39 Å². The first-order chi connectivity index (χ1) is 12.1. The van der Waals surface area contributed by atoms with Crippen LogP contribution in [0.3, 0.4) is 0 Å². The molecule has 2 aromatic rings. The third kappa shape index (κ3) is 7.82. The van der Waals surface area contributed by atoms with Crippen molar-refractivity contribution in [2.75, 3.05) is 26.4 Å². The predicted octanol–water partition coefficient (Wildman–Crippen LogP) is 3.40. The lowest BCUT2D eigenvalue weighted by molar-refractivity contribution is 0.478. The van der Waals surface area contributed by atoms with Gasteiger partial charge in [0.15, 0.2) is 5.96 Å². The molecule has 0 amide bonds. The zero-order valence-corrected chi connectivity index (χ0v) is 18.2. The van der Waals surface area contributed by atoms with E-state index in [0.717, 1.165) is 17.1 Å². The van der Waals surface area contributed by atoms with E-state index >= 15 is 0 Å². The number of benzene rings is 2. The lowest BCUT2D eigenvalue weighted by Crippen LogP contribution is -2.40. The molecule has 0 radical (unpaired) electrons. The van der Waals surface area contributed by atoms with Gasteiger partial charge in [0.2, 0.25) is 0 Å². The maximum Gasteiger partial charge on any atom is 0.193 e. The summed E-state index contributed by atoms with van der Waals surface area (Å²) in [6, 6.07) is 16.3. The number of hydrogen-bond acceptors (Lipinski definition) is 2. The first-order valence-corrected chi connectivity index (χ1v) is 9.62. The molecular weight excluding hydrogens is 464 g/mol. The summed E-state index contributed by atoms with van der Waals surface area (Å²) in [5.41, 5.74) is 2.08. The highest BCUT2D eigenvalue weighted by molar-refractivity contribution is 14.0. The molecule has 142 valence electrons. The summed E-state index contributed by atoms with van der Waals surface area (Å²) in [7, 11) is 2.71. The number of aliphatic imine (C=N–C) groups is 1. The van der Waals surface area contributed by atoms with Crippen LogP contribution in [-0.4, -0.2) is 41.5 Å². The first-order valence-electron chi connectivity index (χ1n) is 8.13. The maximum absolute atomic E-state index is 13.0. The van der Waals surface area contributed by atoms with Gasteiger partial charge in [-0.3, -0.25) is 9.20 Å². The number of halogens is 2. The summed E-state index contributed by atoms with van der Waals surface area (Å²) in [5, 5.41) is 3.23. The van der Waals surface area contributed by atoms with Gasteiger partial charge in [0.1, 0.15) is 5.82 Å². The minimum absolute atomic E-state index is 0. The number of guanidine groups is 1. The van der Waals surface area contributed by atoms with E-state index in [4.69, 9.17) is 0 Å². The fourth-order valence-corrected chi connectivity index (χ4v) is 3.47. The van der Waals surface area contributed by atoms with Crippen molar-refractivity contribution in [3.05, 3.63) is 71.5 Å². The Kier molecular flexibility index (Phi) is 10.4. The zero-order chi connectivity index (χ0) is 18.1. The molecule has 26 heavy (non-hydrogen) atoms. The molecule has 0 saturated carbocycles. The molecule has 0 aliphatic rings. The van der Waals surface area contributed by atoms with E-state index < -0.39 is 10.8 Å². The highest BCUT2D eigenvalue weighted by atomic mass is 127. The van der Waals surface area contributed by atoms with Gasteiger partial charge in [-0.1, -0.05) is 42.5 Å². The highest BCUT2D eigenvalue weighted by Gasteiger charge is 2.08. The Balaban J connectivity index is 0.00000338. The topological polar surface area (TPSA) is 44.7 Å². The maximum atomic E-state index is 13.0. The van der Waals surface area contributed by atoms with E-state index in [1.807, 2.05) is 42.3 Å². The van der Waals surface area contributed by atoms with E-state index in [2.05, 4.69) is 10.3 Å². The van der Waals surface area contributed by atoms with Crippen molar-refractivity contribution in [2.24, 2.45) is 4.99 Å². The van der Waals surface area contributed by atoms with Gasteiger partial charge in [-0.05, 0) is 23.3 Å². The molecule has 2 aromatic carbocycles. The van der Waals surface area contributed by atoms with Crippen molar-refractivity contribution in [1.29, 1.82) is 0 Å². The minimum Gasteiger partial charge on any atom is -0.355 e. The normalized spacial score (nSPS) is 12.2. The third-order valence-corrected chi connectivity index (χ3v) is 5.00. The Bertz CT molecular complexity index is 710. The smallest absolute Gasteiger partial charge is 0.193 e. The Morgan fingerprint density at radius 2 is 1.77 bits per heavy atom. The zero-order valence-electron chi connectivity index (χ0n) is 15.0. The second kappa shape index (κ2) is 12.0. The molecule has 1 N–H and O–H groups in total. The number of rotatable bonds is 7. The first kappa shape index (κ1) is 22.6. The fraction of sp³-hybridized carbons (Fsp3) is 0.316. The van der Waals surface area contributed by atoms with Crippen LogP contribution in [0.5, 0.6) is 0 Å². The van der Waals surface area contributed by atoms with Crippen LogP contribution < -0.4 is 5.32 Å². The molecule has 0 aliphatic carbocycles. The molecule has 4 nitrogen and oxygen atoms in total. The van der Waals surface area contributed by atoms with Crippen molar-refractivity contribution in [1.82, 2.24) is 10.2 Å². The summed E-state index contributed by atoms with van der Waals surface area (Å²) >= 11 is 0. The molecule has 0 spiro atoms. The van der Waals surface area contributed by atoms with E-state index in [9.17, 15) is 8.60 Å². The molecule has 0 bridgehead atoms. The van der Waals surface area contributed by atoms with Crippen LogP contribution in [-0.2, 0) is 23.1 Å². The van der Waals surface area contributed by atoms with Gasteiger partial charge < -0.3 is 10.2 Å². The van der Waals surface area contributed by atoms with Crippen LogP contribution >= 0.6 is 24.0 Å². The Morgan fingerprint density at radius 1 is 1.12 bits per heavy atom. The molecule has 0 aromatic heterocycles. The molecule has 0 aliphatic heterocycles. The van der Waals surface area contributed by atoms with Gasteiger partial charge in [0.25, 0.3) is 0 Å². The Labute approximate surface area is 174 Å². The van der Waals surface area contributed by atoms with E-state index in [1.54, 1.807) is 19.2 Å². The van der Waals surface area contributed by atoms with Crippen molar-refractivity contribution in [2.45, 2.75) is 12.3 Å². The molecule has 0 heterocycles. The van der Waals surface area contributed by atoms with Gasteiger partial charge >= 0.3 is 0 Å². The van der Waals surface area contributed by atoms with Crippen LogP contribution in [0.25, 0.3) is 0 Å². The van der Waals surface area contributed by atoms with Crippen molar-refractivity contribution < 1.29 is 8.60 Å². The second-order valence-electron chi connectivity index (χ2n) is 5.73. The number of nitrogens with one attached hydrogen (secondary N) is 1. The van der Waals surface area contributed by atoms with Crippen LogP contribution in [0.15, 0.2) is 59.6 Å². The summed E-state index contributed by atoms with van der Waals surface area (Å²) in [5.74, 6) is 1.60. The average molecular weight is 489 g/mol. The molecule has 1 unspecified atom stereocenters. The van der Waals surface area contributed by atoms with Crippen LogP contribution in [0.2, 0.25) is 0 Å². The molecule has 7 heteroatoms. The fourth-order valence-electron chi connectivity index (χ4n) is 2.43. The third-order valence-electron chi connectivity index (χ3n) is 3.69. The van der Waals surface area contributed by atoms with Crippen molar-refractivity contribution >= 4 is 40.7 Å².